The maximum atomic E-state index is 13.6. The highest BCUT2D eigenvalue weighted by Gasteiger charge is 2.25. The molecule has 2 rings (SSSR count). The summed E-state index contributed by atoms with van der Waals surface area (Å²) >= 11 is 0. The van der Waals surface area contributed by atoms with Gasteiger partial charge in [0, 0.05) is 17.6 Å². The Morgan fingerprint density at radius 3 is 2.20 bits per heavy atom. The minimum atomic E-state index is -0.441. The molecule has 1 aliphatic carbocycles. The van der Waals surface area contributed by atoms with Crippen LogP contribution in [-0.4, -0.2) is 12.1 Å². The van der Waals surface area contributed by atoms with Gasteiger partial charge in [-0.2, -0.15) is 0 Å². The molecule has 1 saturated carbocycles. The van der Waals surface area contributed by atoms with Gasteiger partial charge in [-0.25, -0.2) is 8.78 Å². The smallest absolute Gasteiger partial charge is 0.129 e. The first-order valence-corrected chi connectivity index (χ1v) is 7.64. The minimum Gasteiger partial charge on any atom is -0.311 e. The standard InChI is InChI=1S/C17H25F2N/c1-11-7-12(2)9-14(8-11)20-13(3)10-15-16(18)5-4-6-17(15)19/h4-6,11-14,20H,7-10H2,1-3H3. The van der Waals surface area contributed by atoms with Gasteiger partial charge >= 0.3 is 0 Å². The van der Waals surface area contributed by atoms with Crippen molar-refractivity contribution in [2.45, 2.75) is 58.5 Å². The van der Waals surface area contributed by atoms with Gasteiger partial charge in [-0.15, -0.1) is 0 Å². The van der Waals surface area contributed by atoms with Crippen LogP contribution >= 0.6 is 0 Å². The summed E-state index contributed by atoms with van der Waals surface area (Å²) < 4.78 is 27.3. The van der Waals surface area contributed by atoms with Gasteiger partial charge in [0.2, 0.25) is 0 Å². The topological polar surface area (TPSA) is 12.0 Å². The summed E-state index contributed by atoms with van der Waals surface area (Å²) in [5.41, 5.74) is 0.199. The van der Waals surface area contributed by atoms with E-state index in [9.17, 15) is 8.78 Å². The maximum absolute atomic E-state index is 13.6. The fourth-order valence-corrected chi connectivity index (χ4v) is 3.58. The molecule has 1 aliphatic rings. The van der Waals surface area contributed by atoms with E-state index in [1.807, 2.05) is 6.92 Å². The van der Waals surface area contributed by atoms with Crippen LogP contribution in [-0.2, 0) is 6.42 Å². The lowest BCUT2D eigenvalue weighted by Crippen LogP contribution is -2.42. The molecule has 0 spiro atoms. The summed E-state index contributed by atoms with van der Waals surface area (Å²) in [6.07, 6.45) is 4.01. The van der Waals surface area contributed by atoms with Crippen molar-refractivity contribution in [3.8, 4) is 0 Å². The normalized spacial score (nSPS) is 28.4. The molecule has 0 aliphatic heterocycles. The Labute approximate surface area is 120 Å². The van der Waals surface area contributed by atoms with Crippen molar-refractivity contribution < 1.29 is 8.78 Å². The second-order valence-corrected chi connectivity index (χ2v) is 6.59. The third-order valence-corrected chi connectivity index (χ3v) is 4.27. The molecule has 0 heterocycles. The van der Waals surface area contributed by atoms with E-state index in [1.165, 1.54) is 24.6 Å². The lowest BCUT2D eigenvalue weighted by Gasteiger charge is -2.34. The molecule has 1 aromatic carbocycles. The minimum absolute atomic E-state index is 0.0869. The number of benzene rings is 1. The second kappa shape index (κ2) is 6.66. The molecule has 0 aromatic heterocycles. The van der Waals surface area contributed by atoms with E-state index in [4.69, 9.17) is 0 Å². The SMILES string of the molecule is CC1CC(C)CC(NC(C)Cc2c(F)cccc2F)C1. The van der Waals surface area contributed by atoms with Gasteiger partial charge < -0.3 is 5.32 Å². The highest BCUT2D eigenvalue weighted by Crippen LogP contribution is 2.29. The van der Waals surface area contributed by atoms with Crippen LogP contribution in [0.3, 0.4) is 0 Å². The van der Waals surface area contributed by atoms with Crippen LogP contribution in [0.2, 0.25) is 0 Å². The van der Waals surface area contributed by atoms with Crippen LogP contribution in [0.4, 0.5) is 8.78 Å². The first kappa shape index (κ1) is 15.4. The second-order valence-electron chi connectivity index (χ2n) is 6.59. The first-order valence-electron chi connectivity index (χ1n) is 7.64. The molecular weight excluding hydrogens is 256 g/mol. The van der Waals surface area contributed by atoms with Crippen LogP contribution in [0.15, 0.2) is 18.2 Å². The van der Waals surface area contributed by atoms with E-state index in [1.54, 1.807) is 0 Å². The molecule has 112 valence electrons. The average Bonchev–Trinajstić information content (AvgIpc) is 2.32. The highest BCUT2D eigenvalue weighted by molar-refractivity contribution is 5.20. The van der Waals surface area contributed by atoms with E-state index in [0.717, 1.165) is 24.7 Å². The fourth-order valence-electron chi connectivity index (χ4n) is 3.58. The summed E-state index contributed by atoms with van der Waals surface area (Å²) in [6, 6.07) is 4.63. The molecule has 20 heavy (non-hydrogen) atoms. The number of nitrogens with one attached hydrogen (secondary N) is 1. The van der Waals surface area contributed by atoms with Gasteiger partial charge in [0.15, 0.2) is 0 Å². The molecule has 3 heteroatoms. The molecule has 3 atom stereocenters. The van der Waals surface area contributed by atoms with Crippen molar-refractivity contribution in [3.05, 3.63) is 35.4 Å². The summed E-state index contributed by atoms with van der Waals surface area (Å²) in [4.78, 5) is 0. The van der Waals surface area contributed by atoms with Gasteiger partial charge in [-0.3, -0.25) is 0 Å². The first-order chi connectivity index (χ1) is 9.45. The van der Waals surface area contributed by atoms with Crippen molar-refractivity contribution in [3.63, 3.8) is 0 Å². The van der Waals surface area contributed by atoms with Crippen molar-refractivity contribution in [1.82, 2.24) is 5.32 Å². The molecule has 3 unspecified atom stereocenters. The van der Waals surface area contributed by atoms with Crippen LogP contribution in [0.25, 0.3) is 0 Å². The Morgan fingerprint density at radius 1 is 1.10 bits per heavy atom. The monoisotopic (exact) mass is 281 g/mol. The predicted octanol–water partition coefficient (Wildman–Crippen LogP) is 4.31. The lowest BCUT2D eigenvalue weighted by atomic mass is 9.80. The third kappa shape index (κ3) is 4.02. The van der Waals surface area contributed by atoms with E-state index >= 15 is 0 Å². The van der Waals surface area contributed by atoms with Crippen LogP contribution in [0.1, 0.15) is 45.6 Å². The molecule has 0 amide bonds. The van der Waals surface area contributed by atoms with Crippen molar-refractivity contribution in [2.24, 2.45) is 11.8 Å². The number of hydrogen-bond acceptors (Lipinski definition) is 1. The van der Waals surface area contributed by atoms with Crippen molar-refractivity contribution in [2.75, 3.05) is 0 Å². The fraction of sp³-hybridized carbons (Fsp3) is 0.647. The van der Waals surface area contributed by atoms with Gasteiger partial charge in [0.25, 0.3) is 0 Å². The zero-order chi connectivity index (χ0) is 14.7. The zero-order valence-electron chi connectivity index (χ0n) is 12.6. The Bertz CT molecular complexity index is 416. The van der Waals surface area contributed by atoms with Crippen molar-refractivity contribution in [1.29, 1.82) is 0 Å². The van der Waals surface area contributed by atoms with Gasteiger partial charge in [-0.1, -0.05) is 19.9 Å². The summed E-state index contributed by atoms with van der Waals surface area (Å²) in [5, 5.41) is 3.55. The Morgan fingerprint density at radius 2 is 1.65 bits per heavy atom. The molecule has 1 aromatic rings. The third-order valence-electron chi connectivity index (χ3n) is 4.27. The van der Waals surface area contributed by atoms with Crippen LogP contribution < -0.4 is 5.32 Å². The lowest BCUT2D eigenvalue weighted by molar-refractivity contribution is 0.227. The quantitative estimate of drug-likeness (QED) is 0.867. The Balaban J connectivity index is 1.94. The van der Waals surface area contributed by atoms with Crippen LogP contribution in [0.5, 0.6) is 0 Å². The summed E-state index contributed by atoms with van der Waals surface area (Å²) in [7, 11) is 0. The van der Waals surface area contributed by atoms with Crippen LogP contribution in [0, 0.1) is 23.5 Å². The maximum Gasteiger partial charge on any atom is 0.129 e. The van der Waals surface area contributed by atoms with Gasteiger partial charge in [-0.05, 0) is 56.6 Å². The predicted molar refractivity (Wildman–Crippen MR) is 78.6 cm³/mol. The Kier molecular flexibility index (Phi) is 5.14. The number of hydrogen-bond donors (Lipinski definition) is 1. The van der Waals surface area contributed by atoms with E-state index in [0.29, 0.717) is 12.5 Å². The van der Waals surface area contributed by atoms with Gasteiger partial charge in [0.05, 0.1) is 0 Å². The largest absolute Gasteiger partial charge is 0.311 e. The summed E-state index contributed by atoms with van der Waals surface area (Å²) in [6.45, 7) is 6.58. The Hall–Kier alpha value is -0.960. The van der Waals surface area contributed by atoms with E-state index in [2.05, 4.69) is 19.2 Å². The molecule has 0 radical (unpaired) electrons. The number of rotatable bonds is 4. The molecule has 1 N–H and O–H groups in total. The molecule has 0 saturated heterocycles. The molecule has 0 bridgehead atoms. The molecule has 1 nitrogen and oxygen atoms in total. The van der Waals surface area contributed by atoms with E-state index in [-0.39, 0.29) is 11.6 Å². The average molecular weight is 281 g/mol. The molecular formula is C17H25F2N. The summed E-state index contributed by atoms with van der Waals surface area (Å²) in [5.74, 6) is 0.579. The zero-order valence-corrected chi connectivity index (χ0v) is 12.6. The number of halogens is 2. The molecule has 1 fully saturated rings. The highest BCUT2D eigenvalue weighted by atomic mass is 19.1. The van der Waals surface area contributed by atoms with Gasteiger partial charge in [0.1, 0.15) is 11.6 Å². The van der Waals surface area contributed by atoms with E-state index < -0.39 is 11.6 Å². The van der Waals surface area contributed by atoms with Crippen molar-refractivity contribution >= 4 is 0 Å².